The van der Waals surface area contributed by atoms with Crippen molar-refractivity contribution in [2.24, 2.45) is 0 Å². The van der Waals surface area contributed by atoms with Gasteiger partial charge in [-0.3, -0.25) is 0 Å². The summed E-state index contributed by atoms with van der Waals surface area (Å²) in [7, 11) is 1.62. The molecule has 0 amide bonds. The van der Waals surface area contributed by atoms with Crippen LogP contribution < -0.4 is 14.8 Å². The second kappa shape index (κ2) is 7.20. The minimum atomic E-state index is 0.580. The van der Waals surface area contributed by atoms with E-state index in [4.69, 9.17) is 14.7 Å². The van der Waals surface area contributed by atoms with Crippen LogP contribution in [0.2, 0.25) is 0 Å². The standard InChI is InChI=1S/C17H18N2O2/c1-3-21-17-10-15(8-9-16(17)20-2)19-12-14-7-5-4-6-13(14)11-18/h4-10,19H,3,12H2,1-2H3. The first-order chi connectivity index (χ1) is 10.3. The van der Waals surface area contributed by atoms with E-state index in [1.165, 1.54) is 0 Å². The third kappa shape index (κ3) is 3.67. The fourth-order valence-corrected chi connectivity index (χ4v) is 2.04. The van der Waals surface area contributed by atoms with Crippen LogP contribution in [-0.4, -0.2) is 13.7 Å². The van der Waals surface area contributed by atoms with Crippen LogP contribution >= 0.6 is 0 Å². The lowest BCUT2D eigenvalue weighted by atomic mass is 10.1. The topological polar surface area (TPSA) is 54.3 Å². The second-order valence-corrected chi connectivity index (χ2v) is 4.42. The zero-order valence-corrected chi connectivity index (χ0v) is 12.2. The van der Waals surface area contributed by atoms with E-state index >= 15 is 0 Å². The largest absolute Gasteiger partial charge is 0.493 e. The maximum absolute atomic E-state index is 9.08. The number of nitrogens with one attached hydrogen (secondary N) is 1. The number of hydrogen-bond donors (Lipinski definition) is 1. The Hall–Kier alpha value is -2.67. The predicted molar refractivity (Wildman–Crippen MR) is 82.6 cm³/mol. The van der Waals surface area contributed by atoms with Crippen molar-refractivity contribution in [3.63, 3.8) is 0 Å². The Balaban J connectivity index is 2.13. The molecule has 0 bridgehead atoms. The van der Waals surface area contributed by atoms with Gasteiger partial charge in [0.1, 0.15) is 0 Å². The molecule has 0 aliphatic carbocycles. The van der Waals surface area contributed by atoms with Crippen molar-refractivity contribution in [1.29, 1.82) is 5.26 Å². The first-order valence-corrected chi connectivity index (χ1v) is 6.81. The van der Waals surface area contributed by atoms with Gasteiger partial charge in [-0.15, -0.1) is 0 Å². The number of methoxy groups -OCH3 is 1. The van der Waals surface area contributed by atoms with Gasteiger partial charge in [-0.25, -0.2) is 0 Å². The quantitative estimate of drug-likeness (QED) is 0.880. The normalized spacial score (nSPS) is 9.76. The lowest BCUT2D eigenvalue weighted by Gasteiger charge is -2.13. The van der Waals surface area contributed by atoms with Crippen molar-refractivity contribution in [2.75, 3.05) is 19.0 Å². The zero-order valence-electron chi connectivity index (χ0n) is 12.2. The molecule has 0 saturated carbocycles. The predicted octanol–water partition coefficient (Wildman–Crippen LogP) is 3.58. The monoisotopic (exact) mass is 282 g/mol. The molecule has 21 heavy (non-hydrogen) atoms. The highest BCUT2D eigenvalue weighted by molar-refractivity contribution is 5.55. The summed E-state index contributed by atoms with van der Waals surface area (Å²) in [6.07, 6.45) is 0. The summed E-state index contributed by atoms with van der Waals surface area (Å²) in [5, 5.41) is 12.4. The van der Waals surface area contributed by atoms with Gasteiger partial charge in [-0.1, -0.05) is 18.2 Å². The molecule has 108 valence electrons. The third-order valence-corrected chi connectivity index (χ3v) is 3.08. The molecule has 0 unspecified atom stereocenters. The lowest BCUT2D eigenvalue weighted by molar-refractivity contribution is 0.311. The summed E-state index contributed by atoms with van der Waals surface area (Å²) >= 11 is 0. The summed E-state index contributed by atoms with van der Waals surface area (Å²) in [6.45, 7) is 3.10. The van der Waals surface area contributed by atoms with Gasteiger partial charge in [0.05, 0.1) is 25.3 Å². The smallest absolute Gasteiger partial charge is 0.163 e. The Kier molecular flexibility index (Phi) is 5.05. The van der Waals surface area contributed by atoms with Crippen molar-refractivity contribution in [2.45, 2.75) is 13.5 Å². The van der Waals surface area contributed by atoms with Gasteiger partial charge in [0, 0.05) is 18.3 Å². The van der Waals surface area contributed by atoms with Crippen molar-refractivity contribution in [1.82, 2.24) is 0 Å². The highest BCUT2D eigenvalue weighted by atomic mass is 16.5. The molecule has 1 N–H and O–H groups in total. The molecule has 0 spiro atoms. The molecule has 0 fully saturated rings. The average Bonchev–Trinajstić information content (AvgIpc) is 2.53. The molecule has 0 aliphatic heterocycles. The number of benzene rings is 2. The van der Waals surface area contributed by atoms with Crippen LogP contribution in [0.5, 0.6) is 11.5 Å². The molecule has 2 rings (SSSR count). The van der Waals surface area contributed by atoms with E-state index in [0.717, 1.165) is 11.3 Å². The molecular formula is C17H18N2O2. The number of ether oxygens (including phenoxy) is 2. The Bertz CT molecular complexity index is 647. The third-order valence-electron chi connectivity index (χ3n) is 3.08. The second-order valence-electron chi connectivity index (χ2n) is 4.42. The fraction of sp³-hybridized carbons (Fsp3) is 0.235. The minimum Gasteiger partial charge on any atom is -0.493 e. The van der Waals surface area contributed by atoms with Gasteiger partial charge >= 0.3 is 0 Å². The molecule has 4 heteroatoms. The number of hydrogen-bond acceptors (Lipinski definition) is 4. The highest BCUT2D eigenvalue weighted by Crippen LogP contribution is 2.30. The molecule has 4 nitrogen and oxygen atoms in total. The number of nitrogens with zero attached hydrogens (tertiary/aromatic N) is 1. The average molecular weight is 282 g/mol. The molecule has 0 radical (unpaired) electrons. The van der Waals surface area contributed by atoms with E-state index in [-0.39, 0.29) is 0 Å². The van der Waals surface area contributed by atoms with Gasteiger partial charge in [0.25, 0.3) is 0 Å². The SMILES string of the molecule is CCOc1cc(NCc2ccccc2C#N)ccc1OC. The maximum Gasteiger partial charge on any atom is 0.163 e. The van der Waals surface area contributed by atoms with Crippen molar-refractivity contribution in [3.05, 3.63) is 53.6 Å². The number of nitriles is 1. The summed E-state index contributed by atoms with van der Waals surface area (Å²) in [6, 6.07) is 15.4. The molecule has 2 aromatic carbocycles. The highest BCUT2D eigenvalue weighted by Gasteiger charge is 2.06. The molecule has 0 atom stereocenters. The zero-order chi connectivity index (χ0) is 15.1. The Labute approximate surface area is 124 Å². The first kappa shape index (κ1) is 14.7. The van der Waals surface area contributed by atoms with E-state index < -0.39 is 0 Å². The minimum absolute atomic E-state index is 0.580. The van der Waals surface area contributed by atoms with Crippen LogP contribution in [0, 0.1) is 11.3 Å². The Morgan fingerprint density at radius 2 is 1.95 bits per heavy atom. The van der Waals surface area contributed by atoms with Crippen molar-refractivity contribution < 1.29 is 9.47 Å². The Morgan fingerprint density at radius 1 is 1.14 bits per heavy atom. The molecule has 0 saturated heterocycles. The molecule has 0 aromatic heterocycles. The van der Waals surface area contributed by atoms with E-state index in [9.17, 15) is 0 Å². The summed E-state index contributed by atoms with van der Waals surface area (Å²) in [5.74, 6) is 1.42. The van der Waals surface area contributed by atoms with E-state index in [1.807, 2.05) is 49.4 Å². The summed E-state index contributed by atoms with van der Waals surface area (Å²) < 4.78 is 10.8. The van der Waals surface area contributed by atoms with Crippen LogP contribution in [0.1, 0.15) is 18.1 Å². The van der Waals surface area contributed by atoms with E-state index in [1.54, 1.807) is 7.11 Å². The van der Waals surface area contributed by atoms with Crippen LogP contribution in [0.15, 0.2) is 42.5 Å². The van der Waals surface area contributed by atoms with Gasteiger partial charge in [0.2, 0.25) is 0 Å². The lowest BCUT2D eigenvalue weighted by Crippen LogP contribution is -2.02. The van der Waals surface area contributed by atoms with Gasteiger partial charge in [-0.05, 0) is 30.7 Å². The first-order valence-electron chi connectivity index (χ1n) is 6.81. The van der Waals surface area contributed by atoms with E-state index in [2.05, 4.69) is 11.4 Å². The van der Waals surface area contributed by atoms with Crippen LogP contribution in [-0.2, 0) is 6.54 Å². The molecule has 2 aromatic rings. The van der Waals surface area contributed by atoms with Gasteiger partial charge < -0.3 is 14.8 Å². The maximum atomic E-state index is 9.08. The fourth-order valence-electron chi connectivity index (χ4n) is 2.04. The molecule has 0 aliphatic rings. The van der Waals surface area contributed by atoms with Gasteiger partial charge in [0.15, 0.2) is 11.5 Å². The van der Waals surface area contributed by atoms with Crippen LogP contribution in [0.25, 0.3) is 0 Å². The van der Waals surface area contributed by atoms with Crippen LogP contribution in [0.4, 0.5) is 5.69 Å². The van der Waals surface area contributed by atoms with Crippen LogP contribution in [0.3, 0.4) is 0 Å². The summed E-state index contributed by atoms with van der Waals surface area (Å²) in [4.78, 5) is 0. The van der Waals surface area contributed by atoms with Gasteiger partial charge in [-0.2, -0.15) is 5.26 Å². The number of rotatable bonds is 6. The number of anilines is 1. The van der Waals surface area contributed by atoms with Crippen molar-refractivity contribution >= 4 is 5.69 Å². The Morgan fingerprint density at radius 3 is 2.67 bits per heavy atom. The van der Waals surface area contributed by atoms with E-state index in [0.29, 0.717) is 30.2 Å². The molecule has 0 heterocycles. The van der Waals surface area contributed by atoms with Crippen molar-refractivity contribution in [3.8, 4) is 17.6 Å². The summed E-state index contributed by atoms with van der Waals surface area (Å²) in [5.41, 5.74) is 2.57. The molecular weight excluding hydrogens is 264 g/mol.